The predicted molar refractivity (Wildman–Crippen MR) is 138 cm³/mol. The Hall–Kier alpha value is -2.79. The summed E-state index contributed by atoms with van der Waals surface area (Å²) in [4.78, 5) is 26.9. The van der Waals surface area contributed by atoms with E-state index < -0.39 is 28.2 Å². The van der Waals surface area contributed by atoms with E-state index in [1.165, 1.54) is 6.92 Å². The number of amides is 2. The van der Waals surface area contributed by atoms with E-state index in [9.17, 15) is 23.1 Å². The second-order valence-corrected chi connectivity index (χ2v) is 11.1. The van der Waals surface area contributed by atoms with Crippen LogP contribution in [0, 0.1) is 0 Å². The zero-order valence-electron chi connectivity index (χ0n) is 20.8. The standard InChI is InChI=1S/C26H36N4O5S/c1-3-14-36(34,35)28-17-22-11-7-10-21(15-22)16-23(29-19(2)31)25(32)24-26(33)30(13-12-27-24)18-20-8-5-4-6-9-20/h4-11,15,23-25,27-28,32H,3,12-14,16-18H2,1-2H3,(H,29,31)/t23-,24-,25-/m0/s1. The van der Waals surface area contributed by atoms with Crippen LogP contribution in [0.25, 0.3) is 0 Å². The average molecular weight is 517 g/mol. The summed E-state index contributed by atoms with van der Waals surface area (Å²) in [5.41, 5.74) is 2.58. The van der Waals surface area contributed by atoms with Crippen LogP contribution in [0.4, 0.5) is 0 Å². The van der Waals surface area contributed by atoms with Gasteiger partial charge in [0.2, 0.25) is 21.8 Å². The number of aliphatic hydroxyl groups excluding tert-OH is 1. The van der Waals surface area contributed by atoms with Crippen LogP contribution in [-0.4, -0.2) is 67.3 Å². The summed E-state index contributed by atoms with van der Waals surface area (Å²) in [6.07, 6.45) is -0.352. The second-order valence-electron chi connectivity index (χ2n) is 9.14. The zero-order chi connectivity index (χ0) is 26.1. The highest BCUT2D eigenvalue weighted by Crippen LogP contribution is 2.16. The van der Waals surface area contributed by atoms with Gasteiger partial charge in [0.05, 0.1) is 17.9 Å². The number of sulfonamides is 1. The molecular weight excluding hydrogens is 480 g/mol. The van der Waals surface area contributed by atoms with Crippen molar-refractivity contribution in [2.75, 3.05) is 18.8 Å². The van der Waals surface area contributed by atoms with Gasteiger partial charge in [0, 0.05) is 33.1 Å². The van der Waals surface area contributed by atoms with Crippen molar-refractivity contribution < 1.29 is 23.1 Å². The average Bonchev–Trinajstić information content (AvgIpc) is 2.84. The largest absolute Gasteiger partial charge is 0.389 e. The van der Waals surface area contributed by atoms with Crippen LogP contribution in [0.15, 0.2) is 54.6 Å². The maximum Gasteiger partial charge on any atom is 0.242 e. The van der Waals surface area contributed by atoms with Crippen molar-refractivity contribution in [3.8, 4) is 0 Å². The molecule has 3 atom stereocenters. The number of aliphatic hydroxyl groups is 1. The minimum absolute atomic E-state index is 0.0627. The molecule has 0 saturated carbocycles. The highest BCUT2D eigenvalue weighted by atomic mass is 32.2. The third-order valence-electron chi connectivity index (χ3n) is 6.10. The Labute approximate surface area is 213 Å². The Balaban J connectivity index is 1.71. The lowest BCUT2D eigenvalue weighted by Crippen LogP contribution is -2.63. The van der Waals surface area contributed by atoms with Crippen molar-refractivity contribution in [1.82, 2.24) is 20.3 Å². The van der Waals surface area contributed by atoms with Crippen molar-refractivity contribution in [2.24, 2.45) is 0 Å². The number of rotatable bonds is 12. The van der Waals surface area contributed by atoms with E-state index in [0.717, 1.165) is 16.7 Å². The maximum absolute atomic E-state index is 13.2. The first kappa shape index (κ1) is 27.8. The van der Waals surface area contributed by atoms with Gasteiger partial charge in [-0.3, -0.25) is 9.59 Å². The van der Waals surface area contributed by atoms with Crippen molar-refractivity contribution in [1.29, 1.82) is 0 Å². The van der Waals surface area contributed by atoms with Crippen molar-refractivity contribution >= 4 is 21.8 Å². The van der Waals surface area contributed by atoms with Gasteiger partial charge in [-0.15, -0.1) is 0 Å². The molecule has 0 spiro atoms. The second kappa shape index (κ2) is 13.0. The normalized spacial score (nSPS) is 18.0. The molecule has 36 heavy (non-hydrogen) atoms. The number of nitrogens with one attached hydrogen (secondary N) is 3. The number of carbonyl (C=O) groups excluding carboxylic acids is 2. The SMILES string of the molecule is CCCS(=O)(=O)NCc1cccc(C[C@H](NC(C)=O)[C@H](O)[C@@H]2NCCN(Cc3ccccc3)C2=O)c1. The van der Waals surface area contributed by atoms with Crippen LogP contribution in [0.2, 0.25) is 0 Å². The predicted octanol–water partition coefficient (Wildman–Crippen LogP) is 0.925. The van der Waals surface area contributed by atoms with E-state index in [0.29, 0.717) is 26.1 Å². The number of hydrogen-bond acceptors (Lipinski definition) is 6. The summed E-state index contributed by atoms with van der Waals surface area (Å²) in [5, 5.41) is 17.1. The van der Waals surface area contributed by atoms with Crippen LogP contribution in [0.1, 0.15) is 37.0 Å². The minimum atomic E-state index is -3.34. The van der Waals surface area contributed by atoms with E-state index in [1.807, 2.05) is 54.6 Å². The molecule has 1 fully saturated rings. The number of hydrogen-bond donors (Lipinski definition) is 4. The molecule has 3 rings (SSSR count). The van der Waals surface area contributed by atoms with Crippen molar-refractivity contribution in [2.45, 2.75) is 58.0 Å². The molecule has 4 N–H and O–H groups in total. The Morgan fingerprint density at radius 2 is 1.83 bits per heavy atom. The topological polar surface area (TPSA) is 128 Å². The molecular formula is C26H36N4O5S. The minimum Gasteiger partial charge on any atom is -0.389 e. The van der Waals surface area contributed by atoms with Crippen molar-refractivity contribution in [3.05, 3.63) is 71.3 Å². The van der Waals surface area contributed by atoms with Gasteiger partial charge in [-0.25, -0.2) is 13.1 Å². The van der Waals surface area contributed by atoms with E-state index in [-0.39, 0.29) is 30.5 Å². The number of nitrogens with zero attached hydrogens (tertiary/aromatic N) is 1. The molecule has 2 aromatic rings. The lowest BCUT2D eigenvalue weighted by molar-refractivity contribution is -0.141. The fourth-order valence-corrected chi connectivity index (χ4v) is 5.45. The Kier molecular flexibility index (Phi) is 10.0. The van der Waals surface area contributed by atoms with Crippen LogP contribution in [0.3, 0.4) is 0 Å². The summed E-state index contributed by atoms with van der Waals surface area (Å²) in [6, 6.07) is 15.4. The van der Waals surface area contributed by atoms with Gasteiger partial charge >= 0.3 is 0 Å². The molecule has 1 heterocycles. The van der Waals surface area contributed by atoms with Crippen LogP contribution < -0.4 is 15.4 Å². The molecule has 0 aromatic heterocycles. The summed E-state index contributed by atoms with van der Waals surface area (Å²) in [6.45, 7) is 4.83. The molecule has 196 valence electrons. The monoisotopic (exact) mass is 516 g/mol. The molecule has 0 aliphatic carbocycles. The first-order valence-electron chi connectivity index (χ1n) is 12.2. The van der Waals surface area contributed by atoms with Crippen LogP contribution in [-0.2, 0) is 39.1 Å². The zero-order valence-corrected chi connectivity index (χ0v) is 21.6. The van der Waals surface area contributed by atoms with Gasteiger partial charge < -0.3 is 20.6 Å². The maximum atomic E-state index is 13.2. The fraction of sp³-hybridized carbons (Fsp3) is 0.462. The van der Waals surface area contributed by atoms with E-state index in [2.05, 4.69) is 15.4 Å². The van der Waals surface area contributed by atoms with Crippen molar-refractivity contribution in [3.63, 3.8) is 0 Å². The van der Waals surface area contributed by atoms with Gasteiger partial charge in [-0.2, -0.15) is 0 Å². The summed E-state index contributed by atoms with van der Waals surface area (Å²) < 4.78 is 26.6. The molecule has 0 radical (unpaired) electrons. The fourth-order valence-electron chi connectivity index (χ4n) is 4.38. The molecule has 1 saturated heterocycles. The molecule has 2 amide bonds. The highest BCUT2D eigenvalue weighted by molar-refractivity contribution is 7.89. The molecule has 9 nitrogen and oxygen atoms in total. The molecule has 1 aliphatic rings. The summed E-state index contributed by atoms with van der Waals surface area (Å²) in [7, 11) is -3.34. The van der Waals surface area contributed by atoms with Gasteiger partial charge in [-0.05, 0) is 29.5 Å². The molecule has 10 heteroatoms. The van der Waals surface area contributed by atoms with Gasteiger partial charge in [0.1, 0.15) is 6.04 Å². The molecule has 2 aromatic carbocycles. The third-order valence-corrected chi connectivity index (χ3v) is 7.63. The van der Waals surface area contributed by atoms with E-state index in [4.69, 9.17) is 0 Å². The smallest absolute Gasteiger partial charge is 0.242 e. The lowest BCUT2D eigenvalue weighted by atomic mass is 9.93. The first-order chi connectivity index (χ1) is 17.2. The quantitative estimate of drug-likeness (QED) is 0.332. The third kappa shape index (κ3) is 8.12. The Morgan fingerprint density at radius 1 is 1.14 bits per heavy atom. The van der Waals surface area contributed by atoms with Crippen LogP contribution in [0.5, 0.6) is 0 Å². The molecule has 1 aliphatic heterocycles. The number of carbonyl (C=O) groups is 2. The number of benzene rings is 2. The summed E-state index contributed by atoms with van der Waals surface area (Å²) >= 11 is 0. The van der Waals surface area contributed by atoms with Gasteiger partial charge in [-0.1, -0.05) is 61.5 Å². The molecule has 0 unspecified atom stereocenters. The van der Waals surface area contributed by atoms with Crippen LogP contribution >= 0.6 is 0 Å². The lowest BCUT2D eigenvalue weighted by Gasteiger charge is -2.38. The Morgan fingerprint density at radius 3 is 2.53 bits per heavy atom. The molecule has 0 bridgehead atoms. The number of piperazine rings is 1. The highest BCUT2D eigenvalue weighted by Gasteiger charge is 2.38. The van der Waals surface area contributed by atoms with E-state index in [1.54, 1.807) is 11.8 Å². The van der Waals surface area contributed by atoms with Gasteiger partial charge in [0.25, 0.3) is 0 Å². The summed E-state index contributed by atoms with van der Waals surface area (Å²) in [5.74, 6) is -0.466. The Bertz CT molecular complexity index is 1130. The van der Waals surface area contributed by atoms with E-state index >= 15 is 0 Å². The first-order valence-corrected chi connectivity index (χ1v) is 13.9. The van der Waals surface area contributed by atoms with Gasteiger partial charge in [0.15, 0.2) is 0 Å².